The second-order valence-electron chi connectivity index (χ2n) is 5.17. The molecule has 3 N–H and O–H groups in total. The predicted octanol–water partition coefficient (Wildman–Crippen LogP) is -0.0187. The Balaban J connectivity index is 1.74. The second kappa shape index (κ2) is 5.47. The van der Waals surface area contributed by atoms with Gasteiger partial charge in [-0.2, -0.15) is 0 Å². The highest BCUT2D eigenvalue weighted by Gasteiger charge is 2.26. The van der Waals surface area contributed by atoms with Gasteiger partial charge >= 0.3 is 0 Å². The molecule has 0 radical (unpaired) electrons. The third-order valence-corrected chi connectivity index (χ3v) is 3.84. The van der Waals surface area contributed by atoms with Crippen molar-refractivity contribution >= 4 is 27.7 Å². The van der Waals surface area contributed by atoms with Crippen molar-refractivity contribution in [3.8, 4) is 0 Å². The van der Waals surface area contributed by atoms with Crippen LogP contribution >= 0.6 is 0 Å². The summed E-state index contributed by atoms with van der Waals surface area (Å²) in [5, 5.41) is 0. The fourth-order valence-electron chi connectivity index (χ4n) is 2.27. The summed E-state index contributed by atoms with van der Waals surface area (Å²) < 4.78 is 24.5. The van der Waals surface area contributed by atoms with Crippen LogP contribution in [0.2, 0.25) is 0 Å². The molecule has 0 aromatic carbocycles. The van der Waals surface area contributed by atoms with Crippen LogP contribution in [0.1, 0.15) is 21.6 Å². The van der Waals surface area contributed by atoms with Crippen molar-refractivity contribution in [3.05, 3.63) is 41.3 Å². The monoisotopic (exact) mass is 334 g/mol. The van der Waals surface area contributed by atoms with Crippen LogP contribution in [0.25, 0.3) is 0 Å². The smallest absolute Gasteiger partial charge is 0.256 e. The number of aromatic nitrogens is 3. The Morgan fingerprint density at radius 3 is 2.70 bits per heavy atom. The van der Waals surface area contributed by atoms with Gasteiger partial charge in [0.05, 0.1) is 24.1 Å². The van der Waals surface area contributed by atoms with E-state index in [1.165, 1.54) is 18.3 Å². The van der Waals surface area contributed by atoms with E-state index in [1.807, 2.05) is 0 Å². The van der Waals surface area contributed by atoms with Crippen molar-refractivity contribution in [2.75, 3.05) is 16.7 Å². The Bertz CT molecular complexity index is 866. The molecule has 0 spiro atoms. The van der Waals surface area contributed by atoms with Crippen molar-refractivity contribution < 1.29 is 13.2 Å². The zero-order valence-corrected chi connectivity index (χ0v) is 13.0. The average Bonchev–Trinajstić information content (AvgIpc) is 2.88. The number of carbonyl (C=O) groups excluding carboxylic acids is 1. The molecule has 120 valence electrons. The minimum Gasteiger partial charge on any atom is -0.368 e. The van der Waals surface area contributed by atoms with E-state index in [0.29, 0.717) is 18.7 Å². The van der Waals surface area contributed by atoms with Crippen LogP contribution in [-0.2, 0) is 23.1 Å². The molecule has 2 aromatic heterocycles. The SMILES string of the molecule is CS(=O)(=O)Nc1ccc(C(=O)N2Cc3cnc(N)nc3C2)cn1. The number of nitrogens with two attached hydrogens (primary N) is 1. The van der Waals surface area contributed by atoms with Crippen molar-refractivity contribution in [3.63, 3.8) is 0 Å². The number of nitrogens with zero attached hydrogens (tertiary/aromatic N) is 4. The summed E-state index contributed by atoms with van der Waals surface area (Å²) in [6, 6.07) is 2.96. The number of rotatable bonds is 3. The first-order valence-electron chi connectivity index (χ1n) is 6.65. The fraction of sp³-hybridized carbons (Fsp3) is 0.231. The van der Waals surface area contributed by atoms with Crippen LogP contribution in [0.4, 0.5) is 11.8 Å². The van der Waals surface area contributed by atoms with Crippen LogP contribution in [0.3, 0.4) is 0 Å². The van der Waals surface area contributed by atoms with Crippen LogP contribution in [0.15, 0.2) is 24.5 Å². The van der Waals surface area contributed by atoms with E-state index >= 15 is 0 Å². The molecule has 0 saturated carbocycles. The first kappa shape index (κ1) is 15.2. The van der Waals surface area contributed by atoms with Gasteiger partial charge in [-0.1, -0.05) is 0 Å². The number of nitrogen functional groups attached to an aromatic ring is 1. The number of pyridine rings is 1. The maximum absolute atomic E-state index is 12.5. The maximum atomic E-state index is 12.5. The fourth-order valence-corrected chi connectivity index (χ4v) is 2.77. The summed E-state index contributed by atoms with van der Waals surface area (Å²) in [5.74, 6) is 0.114. The van der Waals surface area contributed by atoms with Gasteiger partial charge in [-0.05, 0) is 12.1 Å². The van der Waals surface area contributed by atoms with Crippen LogP contribution in [0, 0.1) is 0 Å². The van der Waals surface area contributed by atoms with Gasteiger partial charge in [0, 0.05) is 24.5 Å². The molecule has 1 aliphatic heterocycles. The Kier molecular flexibility index (Phi) is 3.60. The number of amides is 1. The third kappa shape index (κ3) is 3.37. The van der Waals surface area contributed by atoms with Gasteiger partial charge in [-0.25, -0.2) is 23.4 Å². The number of hydrogen-bond donors (Lipinski definition) is 2. The Morgan fingerprint density at radius 2 is 2.04 bits per heavy atom. The lowest BCUT2D eigenvalue weighted by Crippen LogP contribution is -2.25. The molecule has 0 bridgehead atoms. The minimum absolute atomic E-state index is 0.160. The number of fused-ring (bicyclic) bond motifs is 1. The highest BCUT2D eigenvalue weighted by atomic mass is 32.2. The van der Waals surface area contributed by atoms with E-state index in [1.54, 1.807) is 11.1 Å². The lowest BCUT2D eigenvalue weighted by atomic mass is 10.2. The quantitative estimate of drug-likeness (QED) is 0.806. The molecular formula is C13H14N6O3S. The molecular weight excluding hydrogens is 320 g/mol. The summed E-state index contributed by atoms with van der Waals surface area (Å²) in [6.45, 7) is 0.752. The van der Waals surface area contributed by atoms with Crippen LogP contribution in [0.5, 0.6) is 0 Å². The summed E-state index contributed by atoms with van der Waals surface area (Å²) in [5.41, 5.74) is 7.49. The Hall–Kier alpha value is -2.75. The molecule has 0 aliphatic carbocycles. The maximum Gasteiger partial charge on any atom is 0.256 e. The summed E-state index contributed by atoms with van der Waals surface area (Å²) >= 11 is 0. The van der Waals surface area contributed by atoms with Crippen molar-refractivity contribution in [1.29, 1.82) is 0 Å². The highest BCUT2D eigenvalue weighted by molar-refractivity contribution is 7.92. The van der Waals surface area contributed by atoms with Crippen molar-refractivity contribution in [2.24, 2.45) is 0 Å². The summed E-state index contributed by atoms with van der Waals surface area (Å²) in [6.07, 6.45) is 3.98. The van der Waals surface area contributed by atoms with Crippen LogP contribution < -0.4 is 10.5 Å². The molecule has 2 aromatic rings. The molecule has 23 heavy (non-hydrogen) atoms. The molecule has 1 amide bonds. The molecule has 3 rings (SSSR count). The van der Waals surface area contributed by atoms with Gasteiger partial charge in [0.2, 0.25) is 16.0 Å². The van der Waals surface area contributed by atoms with Gasteiger partial charge in [-0.15, -0.1) is 0 Å². The van der Waals surface area contributed by atoms with Gasteiger partial charge in [0.15, 0.2) is 0 Å². The van der Waals surface area contributed by atoms with E-state index < -0.39 is 10.0 Å². The molecule has 3 heterocycles. The normalized spacial score (nSPS) is 13.7. The topological polar surface area (TPSA) is 131 Å². The third-order valence-electron chi connectivity index (χ3n) is 3.26. The van der Waals surface area contributed by atoms with Gasteiger partial charge in [0.1, 0.15) is 5.82 Å². The Morgan fingerprint density at radius 1 is 1.26 bits per heavy atom. The number of hydrogen-bond acceptors (Lipinski definition) is 7. The standard InChI is InChI=1S/C13H14N6O3S/c1-23(21,22)18-11-3-2-8(4-15-11)12(20)19-6-9-5-16-13(14)17-10(9)7-19/h2-5H,6-7H2,1H3,(H,15,18)(H2,14,16,17). The minimum atomic E-state index is -3.40. The molecule has 1 aliphatic rings. The second-order valence-corrected chi connectivity index (χ2v) is 6.92. The summed E-state index contributed by atoms with van der Waals surface area (Å²) in [7, 11) is -3.40. The van der Waals surface area contributed by atoms with Crippen molar-refractivity contribution in [2.45, 2.75) is 13.1 Å². The largest absolute Gasteiger partial charge is 0.368 e. The van der Waals surface area contributed by atoms with E-state index in [0.717, 1.165) is 17.5 Å². The zero-order chi connectivity index (χ0) is 16.6. The molecule has 0 atom stereocenters. The number of anilines is 2. The number of carbonyl (C=O) groups is 1. The summed E-state index contributed by atoms with van der Waals surface area (Å²) in [4.78, 5) is 26.0. The molecule has 9 nitrogen and oxygen atoms in total. The Labute approximate surface area is 132 Å². The highest BCUT2D eigenvalue weighted by Crippen LogP contribution is 2.22. The lowest BCUT2D eigenvalue weighted by molar-refractivity contribution is 0.0750. The first-order chi connectivity index (χ1) is 10.8. The number of nitrogens with one attached hydrogen (secondary N) is 1. The zero-order valence-electron chi connectivity index (χ0n) is 12.2. The average molecular weight is 334 g/mol. The molecule has 10 heteroatoms. The van der Waals surface area contributed by atoms with Crippen molar-refractivity contribution in [1.82, 2.24) is 19.9 Å². The van der Waals surface area contributed by atoms with E-state index in [-0.39, 0.29) is 17.7 Å². The van der Waals surface area contributed by atoms with Gasteiger partial charge < -0.3 is 10.6 Å². The lowest BCUT2D eigenvalue weighted by Gasteiger charge is -2.15. The van der Waals surface area contributed by atoms with Gasteiger partial charge in [-0.3, -0.25) is 9.52 Å². The van der Waals surface area contributed by atoms with Crippen LogP contribution in [-0.4, -0.2) is 40.4 Å². The molecule has 0 fully saturated rings. The van der Waals surface area contributed by atoms with E-state index in [9.17, 15) is 13.2 Å². The first-order valence-corrected chi connectivity index (χ1v) is 8.54. The predicted molar refractivity (Wildman–Crippen MR) is 82.7 cm³/mol. The number of sulfonamides is 1. The van der Waals surface area contributed by atoms with Gasteiger partial charge in [0.25, 0.3) is 5.91 Å². The van der Waals surface area contributed by atoms with E-state index in [4.69, 9.17) is 5.73 Å². The molecule has 0 unspecified atom stereocenters. The van der Waals surface area contributed by atoms with E-state index in [2.05, 4.69) is 19.7 Å². The molecule has 0 saturated heterocycles.